The van der Waals surface area contributed by atoms with Gasteiger partial charge in [0, 0.05) is 11.6 Å². The van der Waals surface area contributed by atoms with Gasteiger partial charge in [-0.1, -0.05) is 42.5 Å². The van der Waals surface area contributed by atoms with Crippen molar-refractivity contribution in [3.05, 3.63) is 83.4 Å². The molecule has 0 bridgehead atoms. The molecule has 1 atom stereocenters. The highest BCUT2D eigenvalue weighted by Crippen LogP contribution is 2.27. The van der Waals surface area contributed by atoms with Crippen LogP contribution in [0.25, 0.3) is 10.8 Å². The van der Waals surface area contributed by atoms with Crippen molar-refractivity contribution < 1.29 is 8.78 Å². The zero-order valence-corrected chi connectivity index (χ0v) is 11.6. The summed E-state index contributed by atoms with van der Waals surface area (Å²) in [5.41, 5.74) is 1.39. The standard InChI is InChI=1S/C18H15F2N/c1-21-18(16-9-8-15(19)11-17(16)20)14-7-6-12-4-2-3-5-13(12)10-14/h2-11,18,21H,1H3. The molecule has 3 rings (SSSR count). The molecule has 0 aliphatic rings. The summed E-state index contributed by atoms with van der Waals surface area (Å²) in [6, 6.07) is 17.4. The molecule has 0 aliphatic carbocycles. The monoisotopic (exact) mass is 283 g/mol. The molecule has 3 aromatic rings. The van der Waals surface area contributed by atoms with E-state index in [2.05, 4.69) is 5.32 Å². The number of hydrogen-bond acceptors (Lipinski definition) is 1. The second kappa shape index (κ2) is 5.62. The molecule has 21 heavy (non-hydrogen) atoms. The van der Waals surface area contributed by atoms with E-state index in [-0.39, 0.29) is 6.04 Å². The number of nitrogens with one attached hydrogen (secondary N) is 1. The lowest BCUT2D eigenvalue weighted by molar-refractivity contribution is 0.552. The van der Waals surface area contributed by atoms with E-state index in [0.29, 0.717) is 5.56 Å². The molecule has 0 spiro atoms. The third-order valence-corrected chi connectivity index (χ3v) is 3.67. The number of fused-ring (bicyclic) bond motifs is 1. The van der Waals surface area contributed by atoms with Gasteiger partial charge in [0.25, 0.3) is 0 Å². The van der Waals surface area contributed by atoms with Gasteiger partial charge in [0.2, 0.25) is 0 Å². The Morgan fingerprint density at radius 3 is 2.33 bits per heavy atom. The zero-order chi connectivity index (χ0) is 14.8. The van der Waals surface area contributed by atoms with Gasteiger partial charge in [0.1, 0.15) is 11.6 Å². The third-order valence-electron chi connectivity index (χ3n) is 3.67. The van der Waals surface area contributed by atoms with Gasteiger partial charge in [0.05, 0.1) is 6.04 Å². The van der Waals surface area contributed by atoms with Crippen LogP contribution in [0.2, 0.25) is 0 Å². The molecule has 1 nitrogen and oxygen atoms in total. The molecule has 0 saturated carbocycles. The second-order valence-corrected chi connectivity index (χ2v) is 4.99. The summed E-state index contributed by atoms with van der Waals surface area (Å²) in [6.07, 6.45) is 0. The van der Waals surface area contributed by atoms with Gasteiger partial charge in [-0.2, -0.15) is 0 Å². The van der Waals surface area contributed by atoms with E-state index in [9.17, 15) is 8.78 Å². The SMILES string of the molecule is CNC(c1ccc2ccccc2c1)c1ccc(F)cc1F. The van der Waals surface area contributed by atoms with Crippen LogP contribution in [0.15, 0.2) is 60.7 Å². The first-order chi connectivity index (χ1) is 10.2. The van der Waals surface area contributed by atoms with Crippen LogP contribution in [-0.2, 0) is 0 Å². The van der Waals surface area contributed by atoms with Crippen LogP contribution in [0.1, 0.15) is 17.2 Å². The van der Waals surface area contributed by atoms with E-state index in [1.54, 1.807) is 7.05 Å². The minimum atomic E-state index is -0.565. The molecule has 0 aromatic heterocycles. The summed E-state index contributed by atoms with van der Waals surface area (Å²) in [5, 5.41) is 5.33. The van der Waals surface area contributed by atoms with Gasteiger partial charge in [0.15, 0.2) is 0 Å². The summed E-state index contributed by atoms with van der Waals surface area (Å²) < 4.78 is 27.1. The van der Waals surface area contributed by atoms with Crippen molar-refractivity contribution in [2.24, 2.45) is 0 Å². The van der Waals surface area contributed by atoms with Gasteiger partial charge in [-0.05, 0) is 35.5 Å². The van der Waals surface area contributed by atoms with Crippen molar-refractivity contribution in [1.29, 1.82) is 0 Å². The van der Waals surface area contributed by atoms with Crippen LogP contribution in [0.5, 0.6) is 0 Å². The molecular formula is C18H15F2N. The van der Waals surface area contributed by atoms with E-state index in [0.717, 1.165) is 22.4 Å². The van der Waals surface area contributed by atoms with Crippen LogP contribution in [0, 0.1) is 11.6 Å². The van der Waals surface area contributed by atoms with Crippen molar-refractivity contribution in [2.75, 3.05) is 7.05 Å². The number of halogens is 2. The van der Waals surface area contributed by atoms with Crippen LogP contribution in [0.4, 0.5) is 8.78 Å². The summed E-state index contributed by atoms with van der Waals surface area (Å²) in [7, 11) is 1.77. The molecule has 0 fully saturated rings. The average molecular weight is 283 g/mol. The summed E-state index contributed by atoms with van der Waals surface area (Å²) in [6.45, 7) is 0. The molecule has 0 heterocycles. The Hall–Kier alpha value is -2.26. The fraction of sp³-hybridized carbons (Fsp3) is 0.111. The molecular weight excluding hydrogens is 268 g/mol. The maximum atomic E-state index is 14.0. The van der Waals surface area contributed by atoms with Gasteiger partial charge in [-0.15, -0.1) is 0 Å². The fourth-order valence-corrected chi connectivity index (χ4v) is 2.62. The minimum Gasteiger partial charge on any atom is -0.309 e. The first-order valence-corrected chi connectivity index (χ1v) is 6.80. The summed E-state index contributed by atoms with van der Waals surface area (Å²) in [5.74, 6) is -1.10. The molecule has 1 unspecified atom stereocenters. The van der Waals surface area contributed by atoms with Crippen molar-refractivity contribution in [3.63, 3.8) is 0 Å². The number of benzene rings is 3. The number of rotatable bonds is 3. The molecule has 0 aliphatic heterocycles. The Morgan fingerprint density at radius 2 is 1.62 bits per heavy atom. The Kier molecular flexibility index (Phi) is 3.67. The quantitative estimate of drug-likeness (QED) is 0.750. The smallest absolute Gasteiger partial charge is 0.131 e. The Labute approximate surface area is 122 Å². The molecule has 3 heteroatoms. The molecule has 0 amide bonds. The lowest BCUT2D eigenvalue weighted by atomic mass is 9.96. The maximum absolute atomic E-state index is 14.0. The van der Waals surface area contributed by atoms with E-state index < -0.39 is 11.6 Å². The third kappa shape index (κ3) is 2.65. The van der Waals surface area contributed by atoms with E-state index >= 15 is 0 Å². The van der Waals surface area contributed by atoms with Crippen LogP contribution < -0.4 is 5.32 Å². The van der Waals surface area contributed by atoms with Gasteiger partial charge >= 0.3 is 0 Å². The molecule has 3 aromatic carbocycles. The largest absolute Gasteiger partial charge is 0.309 e. The highest BCUT2D eigenvalue weighted by molar-refractivity contribution is 5.83. The first kappa shape index (κ1) is 13.7. The summed E-state index contributed by atoms with van der Waals surface area (Å²) in [4.78, 5) is 0. The Bertz CT molecular complexity index is 783. The predicted molar refractivity (Wildman–Crippen MR) is 81.2 cm³/mol. The molecule has 0 saturated heterocycles. The van der Waals surface area contributed by atoms with Gasteiger partial charge in [-0.25, -0.2) is 8.78 Å². The van der Waals surface area contributed by atoms with Gasteiger partial charge < -0.3 is 5.32 Å². The molecule has 0 radical (unpaired) electrons. The summed E-state index contributed by atoms with van der Waals surface area (Å²) >= 11 is 0. The topological polar surface area (TPSA) is 12.0 Å². The van der Waals surface area contributed by atoms with Crippen molar-refractivity contribution in [3.8, 4) is 0 Å². The first-order valence-electron chi connectivity index (χ1n) is 6.80. The normalized spacial score (nSPS) is 12.5. The van der Waals surface area contributed by atoms with Gasteiger partial charge in [-0.3, -0.25) is 0 Å². The Morgan fingerprint density at radius 1 is 0.857 bits per heavy atom. The van der Waals surface area contributed by atoms with E-state index in [4.69, 9.17) is 0 Å². The fourth-order valence-electron chi connectivity index (χ4n) is 2.62. The zero-order valence-electron chi connectivity index (χ0n) is 11.6. The van der Waals surface area contributed by atoms with Crippen LogP contribution in [0.3, 0.4) is 0 Å². The van der Waals surface area contributed by atoms with Crippen molar-refractivity contribution >= 4 is 10.8 Å². The lowest BCUT2D eigenvalue weighted by Crippen LogP contribution is -2.19. The van der Waals surface area contributed by atoms with E-state index in [1.807, 2.05) is 42.5 Å². The second-order valence-electron chi connectivity index (χ2n) is 4.99. The predicted octanol–water partition coefficient (Wildman–Crippen LogP) is 4.43. The maximum Gasteiger partial charge on any atom is 0.131 e. The average Bonchev–Trinajstić information content (AvgIpc) is 2.50. The van der Waals surface area contributed by atoms with Crippen LogP contribution in [-0.4, -0.2) is 7.05 Å². The van der Waals surface area contributed by atoms with E-state index in [1.165, 1.54) is 12.1 Å². The minimum absolute atomic E-state index is 0.310. The molecule has 106 valence electrons. The number of hydrogen-bond donors (Lipinski definition) is 1. The lowest BCUT2D eigenvalue weighted by Gasteiger charge is -2.18. The molecule has 1 N–H and O–H groups in total. The van der Waals surface area contributed by atoms with Crippen molar-refractivity contribution in [1.82, 2.24) is 5.32 Å². The Balaban J connectivity index is 2.09. The van der Waals surface area contributed by atoms with Crippen LogP contribution >= 0.6 is 0 Å². The highest BCUT2D eigenvalue weighted by Gasteiger charge is 2.16. The highest BCUT2D eigenvalue weighted by atomic mass is 19.1. The van der Waals surface area contributed by atoms with Crippen molar-refractivity contribution in [2.45, 2.75) is 6.04 Å².